The Morgan fingerprint density at radius 3 is 2.65 bits per heavy atom. The highest BCUT2D eigenvalue weighted by Crippen LogP contribution is 2.47. The topological polar surface area (TPSA) is 45.1 Å². The minimum Gasteiger partial charge on any atom is -0.399 e. The van der Waals surface area contributed by atoms with Crippen LogP contribution in [0.1, 0.15) is 37.7 Å². The highest BCUT2D eigenvalue weighted by molar-refractivity contribution is 14.1. The Labute approximate surface area is 152 Å². The SMILES string of the molecule is CCC(=NOC)[C@H]1[C@@H](c2ccc(I)cc2)CC2CC(O)[C@H]1N2C. The number of oxime groups is 1. The summed E-state index contributed by atoms with van der Waals surface area (Å²) in [5.74, 6) is 0.600. The Bertz CT molecular complexity index is 575. The second-order valence-corrected chi connectivity index (χ2v) is 7.90. The summed E-state index contributed by atoms with van der Waals surface area (Å²) in [6.45, 7) is 2.12. The third-order valence-corrected chi connectivity index (χ3v) is 6.25. The van der Waals surface area contributed by atoms with E-state index in [0.717, 1.165) is 25.0 Å². The molecule has 0 spiro atoms. The molecular weight excluding hydrogens is 403 g/mol. The number of benzene rings is 1. The fourth-order valence-corrected chi connectivity index (χ4v) is 4.85. The standard InChI is InChI=1S/C18H25IN2O2/c1-4-15(20-23-3)17-14(11-5-7-12(19)8-6-11)9-13-10-16(22)18(17)21(13)2/h5-8,13-14,16-18,22H,4,9-10H2,1-3H3/t13?,14-,16?,17-,18-/m1/s1. The lowest BCUT2D eigenvalue weighted by atomic mass is 9.73. The first-order valence-electron chi connectivity index (χ1n) is 8.32. The van der Waals surface area contributed by atoms with Gasteiger partial charge < -0.3 is 9.94 Å². The second-order valence-electron chi connectivity index (χ2n) is 6.65. The minimum absolute atomic E-state index is 0.131. The smallest absolute Gasteiger partial charge is 0.106 e. The number of halogens is 1. The molecule has 0 saturated carbocycles. The number of hydrogen-bond acceptors (Lipinski definition) is 4. The van der Waals surface area contributed by atoms with Crippen molar-refractivity contribution >= 4 is 28.3 Å². The van der Waals surface area contributed by atoms with Crippen LogP contribution < -0.4 is 0 Å². The number of fused-ring (bicyclic) bond motifs is 2. The molecule has 4 nitrogen and oxygen atoms in total. The highest BCUT2D eigenvalue weighted by atomic mass is 127. The Balaban J connectivity index is 2.02. The molecule has 2 unspecified atom stereocenters. The molecule has 2 saturated heterocycles. The van der Waals surface area contributed by atoms with E-state index in [1.165, 1.54) is 9.13 Å². The monoisotopic (exact) mass is 428 g/mol. The summed E-state index contributed by atoms with van der Waals surface area (Å²) in [6, 6.07) is 9.39. The van der Waals surface area contributed by atoms with Crippen molar-refractivity contribution in [3.63, 3.8) is 0 Å². The van der Waals surface area contributed by atoms with Crippen molar-refractivity contribution < 1.29 is 9.94 Å². The van der Waals surface area contributed by atoms with Crippen LogP contribution >= 0.6 is 22.6 Å². The van der Waals surface area contributed by atoms with Crippen molar-refractivity contribution in [3.8, 4) is 0 Å². The van der Waals surface area contributed by atoms with Gasteiger partial charge in [-0.25, -0.2) is 0 Å². The summed E-state index contributed by atoms with van der Waals surface area (Å²) in [6.07, 6.45) is 2.50. The van der Waals surface area contributed by atoms with E-state index in [1.807, 2.05) is 0 Å². The van der Waals surface area contributed by atoms with Gasteiger partial charge in [0.05, 0.1) is 11.8 Å². The Morgan fingerprint density at radius 1 is 1.35 bits per heavy atom. The van der Waals surface area contributed by atoms with Crippen molar-refractivity contribution in [1.82, 2.24) is 4.90 Å². The largest absolute Gasteiger partial charge is 0.399 e. The van der Waals surface area contributed by atoms with Crippen LogP contribution in [0.2, 0.25) is 0 Å². The molecule has 0 aliphatic carbocycles. The molecule has 0 radical (unpaired) electrons. The lowest BCUT2D eigenvalue weighted by molar-refractivity contribution is 0.0694. The zero-order valence-corrected chi connectivity index (χ0v) is 16.1. The molecule has 2 bridgehead atoms. The van der Waals surface area contributed by atoms with Gasteiger partial charge in [0, 0.05) is 21.6 Å². The van der Waals surface area contributed by atoms with Crippen LogP contribution in [0.5, 0.6) is 0 Å². The summed E-state index contributed by atoms with van der Waals surface area (Å²) < 4.78 is 1.25. The Hall–Kier alpha value is -0.660. The van der Waals surface area contributed by atoms with Crippen molar-refractivity contribution in [2.45, 2.75) is 50.3 Å². The molecule has 2 heterocycles. The van der Waals surface area contributed by atoms with Crippen molar-refractivity contribution in [1.29, 1.82) is 0 Å². The lowest BCUT2D eigenvalue weighted by Gasteiger charge is -2.43. The van der Waals surface area contributed by atoms with Gasteiger partial charge in [-0.3, -0.25) is 4.90 Å². The molecule has 2 aliphatic heterocycles. The van der Waals surface area contributed by atoms with Crippen molar-refractivity contribution in [2.75, 3.05) is 14.2 Å². The predicted molar refractivity (Wildman–Crippen MR) is 101 cm³/mol. The molecule has 5 atom stereocenters. The molecule has 2 aliphatic rings. The summed E-state index contributed by atoms with van der Waals surface area (Å²) in [4.78, 5) is 7.48. The van der Waals surface area contributed by atoms with E-state index in [0.29, 0.717) is 12.0 Å². The fourth-order valence-electron chi connectivity index (χ4n) is 4.49. The maximum atomic E-state index is 10.6. The highest BCUT2D eigenvalue weighted by Gasteiger charge is 2.52. The van der Waals surface area contributed by atoms with Gasteiger partial charge in [-0.15, -0.1) is 0 Å². The molecule has 0 aromatic heterocycles. The molecule has 2 fully saturated rings. The van der Waals surface area contributed by atoms with Gasteiger partial charge >= 0.3 is 0 Å². The van der Waals surface area contributed by atoms with Crippen LogP contribution in [0, 0.1) is 9.49 Å². The van der Waals surface area contributed by atoms with Crippen molar-refractivity contribution in [3.05, 3.63) is 33.4 Å². The van der Waals surface area contributed by atoms with Crippen LogP contribution in [0.3, 0.4) is 0 Å². The van der Waals surface area contributed by atoms with Crippen LogP contribution in [-0.2, 0) is 4.84 Å². The Morgan fingerprint density at radius 2 is 2.04 bits per heavy atom. The number of rotatable bonds is 4. The number of likely N-dealkylation sites (N-methyl/N-ethyl adjacent to an activating group) is 1. The van der Waals surface area contributed by atoms with E-state index in [2.05, 4.69) is 70.9 Å². The number of hydrogen-bond donors (Lipinski definition) is 1. The number of aliphatic hydroxyl groups excluding tert-OH is 1. The molecular formula is C18H25IN2O2. The van der Waals surface area contributed by atoms with Crippen LogP contribution in [0.15, 0.2) is 29.4 Å². The molecule has 1 N–H and O–H groups in total. The number of nitrogens with zero attached hydrogens (tertiary/aromatic N) is 2. The van der Waals surface area contributed by atoms with Crippen molar-refractivity contribution in [2.24, 2.45) is 11.1 Å². The second kappa shape index (κ2) is 7.07. The van der Waals surface area contributed by atoms with Gasteiger partial charge in [-0.1, -0.05) is 24.2 Å². The summed E-state index contributed by atoms with van der Waals surface area (Å²) in [5, 5.41) is 14.9. The predicted octanol–water partition coefficient (Wildman–Crippen LogP) is 3.24. The average Bonchev–Trinajstić information content (AvgIpc) is 2.72. The van der Waals surface area contributed by atoms with Gasteiger partial charge in [0.2, 0.25) is 0 Å². The first-order chi connectivity index (χ1) is 11.1. The third-order valence-electron chi connectivity index (χ3n) is 5.54. The zero-order valence-electron chi connectivity index (χ0n) is 13.9. The van der Waals surface area contributed by atoms with E-state index in [9.17, 15) is 5.11 Å². The quantitative estimate of drug-likeness (QED) is 0.455. The van der Waals surface area contributed by atoms with Crippen LogP contribution in [-0.4, -0.2) is 48.1 Å². The third kappa shape index (κ3) is 3.15. The van der Waals surface area contributed by atoms with Gasteiger partial charge in [-0.2, -0.15) is 0 Å². The molecule has 0 amide bonds. The first kappa shape index (κ1) is 17.2. The average molecular weight is 428 g/mol. The molecule has 1 aromatic rings. The molecule has 5 heteroatoms. The van der Waals surface area contributed by atoms with E-state index >= 15 is 0 Å². The molecule has 3 rings (SSSR count). The molecule has 1 aromatic carbocycles. The number of piperidine rings is 1. The normalized spacial score (nSPS) is 34.7. The zero-order chi connectivity index (χ0) is 16.6. The first-order valence-corrected chi connectivity index (χ1v) is 9.40. The fraction of sp³-hybridized carbons (Fsp3) is 0.611. The van der Waals surface area contributed by atoms with E-state index in [1.54, 1.807) is 7.11 Å². The minimum atomic E-state index is -0.280. The maximum Gasteiger partial charge on any atom is 0.106 e. The van der Waals surface area contributed by atoms with E-state index in [-0.39, 0.29) is 18.1 Å². The molecule has 23 heavy (non-hydrogen) atoms. The van der Waals surface area contributed by atoms with E-state index < -0.39 is 0 Å². The summed E-state index contributed by atoms with van der Waals surface area (Å²) in [5.41, 5.74) is 2.41. The van der Waals surface area contributed by atoms with Crippen LogP contribution in [0.25, 0.3) is 0 Å². The maximum absolute atomic E-state index is 10.6. The Kier molecular flexibility index (Phi) is 5.28. The van der Waals surface area contributed by atoms with Crippen LogP contribution in [0.4, 0.5) is 0 Å². The van der Waals surface area contributed by atoms with E-state index in [4.69, 9.17) is 4.84 Å². The summed E-state index contributed by atoms with van der Waals surface area (Å²) >= 11 is 2.34. The lowest BCUT2D eigenvalue weighted by Crippen LogP contribution is -2.51. The van der Waals surface area contributed by atoms with Gasteiger partial charge in [0.25, 0.3) is 0 Å². The van der Waals surface area contributed by atoms with Gasteiger partial charge in [0.1, 0.15) is 7.11 Å². The summed E-state index contributed by atoms with van der Waals surface area (Å²) in [7, 11) is 3.75. The number of aliphatic hydroxyl groups is 1. The van der Waals surface area contributed by atoms with Gasteiger partial charge in [0.15, 0.2) is 0 Å². The van der Waals surface area contributed by atoms with Gasteiger partial charge in [-0.05, 0) is 72.5 Å². The molecule has 126 valence electrons.